The first-order valence-electron chi connectivity index (χ1n) is 7.77. The van der Waals surface area contributed by atoms with Gasteiger partial charge in [0.15, 0.2) is 17.5 Å². The summed E-state index contributed by atoms with van der Waals surface area (Å²) in [5, 5.41) is 4.67. The van der Waals surface area contributed by atoms with Crippen LogP contribution in [0.2, 0.25) is 0 Å². The summed E-state index contributed by atoms with van der Waals surface area (Å²) in [4.78, 5) is 23.9. The first-order chi connectivity index (χ1) is 11.9. The van der Waals surface area contributed by atoms with Gasteiger partial charge in [-0.25, -0.2) is 13.2 Å². The predicted molar refractivity (Wildman–Crippen MR) is 85.3 cm³/mol. The third-order valence-electron chi connectivity index (χ3n) is 4.13. The van der Waals surface area contributed by atoms with Crippen molar-refractivity contribution in [2.75, 3.05) is 5.32 Å². The first kappa shape index (κ1) is 17.0. The Hall–Kier alpha value is -2.83. The number of nitrogens with one attached hydrogen (secondary N) is 2. The number of anilines is 1. The van der Waals surface area contributed by atoms with Gasteiger partial charge in [-0.15, -0.1) is 0 Å². The topological polar surface area (TPSA) is 58.2 Å². The van der Waals surface area contributed by atoms with Crippen molar-refractivity contribution in [3.8, 4) is 0 Å². The summed E-state index contributed by atoms with van der Waals surface area (Å²) < 4.78 is 39.2. The molecule has 1 atom stereocenters. The molecule has 2 aromatic carbocycles. The van der Waals surface area contributed by atoms with Gasteiger partial charge in [-0.1, -0.05) is 24.3 Å². The molecule has 1 aliphatic carbocycles. The minimum Gasteiger partial charge on any atom is -0.345 e. The Labute approximate surface area is 142 Å². The highest BCUT2D eigenvalue weighted by Gasteiger charge is 2.23. The van der Waals surface area contributed by atoms with E-state index in [1.807, 2.05) is 24.3 Å². The monoisotopic (exact) mass is 348 g/mol. The molecule has 2 N–H and O–H groups in total. The zero-order valence-electron chi connectivity index (χ0n) is 13.1. The SMILES string of the molecule is O=C(Nc1cc(F)c(F)c(F)c1)C(=O)N[C@@H]1CCc2ccccc2C1. The molecule has 0 saturated carbocycles. The van der Waals surface area contributed by atoms with E-state index in [4.69, 9.17) is 0 Å². The molecule has 3 rings (SSSR count). The van der Waals surface area contributed by atoms with Crippen molar-refractivity contribution in [2.45, 2.75) is 25.3 Å². The summed E-state index contributed by atoms with van der Waals surface area (Å²) >= 11 is 0. The molecule has 0 unspecified atom stereocenters. The van der Waals surface area contributed by atoms with E-state index in [0.29, 0.717) is 25.0 Å². The van der Waals surface area contributed by atoms with Gasteiger partial charge in [-0.3, -0.25) is 9.59 Å². The van der Waals surface area contributed by atoms with Crippen molar-refractivity contribution in [3.05, 3.63) is 65.0 Å². The summed E-state index contributed by atoms with van der Waals surface area (Å²) in [6, 6.07) is 8.88. The maximum absolute atomic E-state index is 13.1. The second-order valence-electron chi connectivity index (χ2n) is 5.89. The normalized spacial score (nSPS) is 16.0. The van der Waals surface area contributed by atoms with E-state index in [0.717, 1.165) is 12.0 Å². The minimum atomic E-state index is -1.64. The Morgan fingerprint density at radius 1 is 0.960 bits per heavy atom. The maximum atomic E-state index is 13.1. The van der Waals surface area contributed by atoms with E-state index >= 15 is 0 Å². The van der Waals surface area contributed by atoms with E-state index < -0.39 is 29.3 Å². The van der Waals surface area contributed by atoms with Crippen LogP contribution >= 0.6 is 0 Å². The molecule has 7 heteroatoms. The highest BCUT2D eigenvalue weighted by atomic mass is 19.2. The highest BCUT2D eigenvalue weighted by Crippen LogP contribution is 2.21. The number of rotatable bonds is 2. The molecule has 130 valence electrons. The van der Waals surface area contributed by atoms with Crippen LogP contribution in [0.5, 0.6) is 0 Å². The number of carbonyl (C=O) groups is 2. The van der Waals surface area contributed by atoms with Crippen LogP contribution in [-0.2, 0) is 22.4 Å². The van der Waals surface area contributed by atoms with Crippen molar-refractivity contribution in [1.82, 2.24) is 5.32 Å². The maximum Gasteiger partial charge on any atom is 0.313 e. The zero-order chi connectivity index (χ0) is 18.0. The van der Waals surface area contributed by atoms with E-state index in [-0.39, 0.29) is 11.7 Å². The second kappa shape index (κ2) is 6.96. The molecule has 0 heterocycles. The Balaban J connectivity index is 1.61. The van der Waals surface area contributed by atoms with Crippen molar-refractivity contribution in [3.63, 3.8) is 0 Å². The molecule has 1 aliphatic rings. The number of benzene rings is 2. The Morgan fingerprint density at radius 2 is 1.60 bits per heavy atom. The van der Waals surface area contributed by atoms with Crippen LogP contribution in [0.1, 0.15) is 17.5 Å². The number of hydrogen-bond donors (Lipinski definition) is 2. The minimum absolute atomic E-state index is 0.199. The third kappa shape index (κ3) is 3.81. The van der Waals surface area contributed by atoms with Crippen molar-refractivity contribution < 1.29 is 22.8 Å². The molecular weight excluding hydrogens is 333 g/mol. The van der Waals surface area contributed by atoms with E-state index in [1.165, 1.54) is 5.56 Å². The van der Waals surface area contributed by atoms with Crippen LogP contribution in [0.4, 0.5) is 18.9 Å². The van der Waals surface area contributed by atoms with Gasteiger partial charge in [0.2, 0.25) is 0 Å². The largest absolute Gasteiger partial charge is 0.345 e. The number of hydrogen-bond acceptors (Lipinski definition) is 2. The lowest BCUT2D eigenvalue weighted by Crippen LogP contribution is -2.44. The van der Waals surface area contributed by atoms with Gasteiger partial charge in [0, 0.05) is 23.9 Å². The lowest BCUT2D eigenvalue weighted by molar-refractivity contribution is -0.136. The lowest BCUT2D eigenvalue weighted by Gasteiger charge is -2.25. The number of halogens is 3. The van der Waals surface area contributed by atoms with Gasteiger partial charge in [-0.2, -0.15) is 0 Å². The third-order valence-corrected chi connectivity index (χ3v) is 4.13. The highest BCUT2D eigenvalue weighted by molar-refractivity contribution is 6.39. The molecule has 0 bridgehead atoms. The van der Waals surface area contributed by atoms with Crippen LogP contribution < -0.4 is 10.6 Å². The Bertz CT molecular complexity index is 816. The summed E-state index contributed by atoms with van der Waals surface area (Å²) in [5.74, 6) is -6.50. The van der Waals surface area contributed by atoms with Crippen LogP contribution in [0, 0.1) is 17.5 Å². The van der Waals surface area contributed by atoms with Crippen LogP contribution in [-0.4, -0.2) is 17.9 Å². The molecule has 0 aromatic heterocycles. The van der Waals surface area contributed by atoms with Gasteiger partial charge >= 0.3 is 11.8 Å². The molecule has 0 saturated heterocycles. The lowest BCUT2D eigenvalue weighted by atomic mass is 9.88. The van der Waals surface area contributed by atoms with Crippen LogP contribution in [0.15, 0.2) is 36.4 Å². The zero-order valence-corrected chi connectivity index (χ0v) is 13.1. The molecule has 2 amide bonds. The second-order valence-corrected chi connectivity index (χ2v) is 5.89. The number of aryl methyl sites for hydroxylation is 1. The molecule has 0 spiro atoms. The predicted octanol–water partition coefficient (Wildman–Crippen LogP) is 2.72. The molecule has 25 heavy (non-hydrogen) atoms. The van der Waals surface area contributed by atoms with Gasteiger partial charge < -0.3 is 10.6 Å². The standard InChI is InChI=1S/C18H15F3N2O2/c19-14-8-13(9-15(20)16(14)21)23-18(25)17(24)22-12-6-5-10-3-1-2-4-11(10)7-12/h1-4,8-9,12H,5-7H2,(H,22,24)(H,23,25)/t12-/m1/s1. The van der Waals surface area contributed by atoms with Crippen LogP contribution in [0.25, 0.3) is 0 Å². The van der Waals surface area contributed by atoms with Gasteiger partial charge in [-0.05, 0) is 30.4 Å². The molecule has 2 aromatic rings. The fraction of sp³-hybridized carbons (Fsp3) is 0.222. The molecule has 4 nitrogen and oxygen atoms in total. The first-order valence-corrected chi connectivity index (χ1v) is 7.77. The van der Waals surface area contributed by atoms with Crippen molar-refractivity contribution >= 4 is 17.5 Å². The summed E-state index contributed by atoms with van der Waals surface area (Å²) in [5.41, 5.74) is 2.00. The number of fused-ring (bicyclic) bond motifs is 1. The van der Waals surface area contributed by atoms with Crippen molar-refractivity contribution in [1.29, 1.82) is 0 Å². The van der Waals surface area contributed by atoms with Crippen molar-refractivity contribution in [2.24, 2.45) is 0 Å². The summed E-state index contributed by atoms with van der Waals surface area (Å²) in [6.07, 6.45) is 2.09. The Morgan fingerprint density at radius 3 is 2.28 bits per heavy atom. The average Bonchev–Trinajstić information content (AvgIpc) is 2.59. The average molecular weight is 348 g/mol. The summed E-state index contributed by atoms with van der Waals surface area (Å²) in [7, 11) is 0. The van der Waals surface area contributed by atoms with E-state index in [2.05, 4.69) is 10.6 Å². The molecular formula is C18H15F3N2O2. The van der Waals surface area contributed by atoms with E-state index in [1.54, 1.807) is 0 Å². The summed E-state index contributed by atoms with van der Waals surface area (Å²) in [6.45, 7) is 0. The van der Waals surface area contributed by atoms with Crippen LogP contribution in [0.3, 0.4) is 0 Å². The fourth-order valence-electron chi connectivity index (χ4n) is 2.89. The number of amides is 2. The fourth-order valence-corrected chi connectivity index (χ4v) is 2.89. The van der Waals surface area contributed by atoms with Gasteiger partial charge in [0.25, 0.3) is 0 Å². The molecule has 0 radical (unpaired) electrons. The smallest absolute Gasteiger partial charge is 0.313 e. The van der Waals surface area contributed by atoms with Gasteiger partial charge in [0.05, 0.1) is 0 Å². The number of carbonyl (C=O) groups excluding carboxylic acids is 2. The molecule has 0 fully saturated rings. The Kier molecular flexibility index (Phi) is 4.74. The molecule has 0 aliphatic heterocycles. The van der Waals surface area contributed by atoms with Gasteiger partial charge in [0.1, 0.15) is 0 Å². The quantitative estimate of drug-likeness (QED) is 0.648. The van der Waals surface area contributed by atoms with E-state index in [9.17, 15) is 22.8 Å².